The largest absolute Gasteiger partial charge is 0.456 e. The van der Waals surface area contributed by atoms with Gasteiger partial charge in [0.2, 0.25) is 5.91 Å². The topological polar surface area (TPSA) is 59.5 Å². The number of anilines is 2. The van der Waals surface area contributed by atoms with Crippen molar-refractivity contribution >= 4 is 45.6 Å². The molecule has 26 heavy (non-hydrogen) atoms. The summed E-state index contributed by atoms with van der Waals surface area (Å²) in [6.07, 6.45) is 0. The number of halogens is 1. The number of hydrogen-bond acceptors (Lipinski definition) is 5. The summed E-state index contributed by atoms with van der Waals surface area (Å²) in [7, 11) is 0. The van der Waals surface area contributed by atoms with E-state index in [0.717, 1.165) is 0 Å². The van der Waals surface area contributed by atoms with Gasteiger partial charge in [0.1, 0.15) is 6.61 Å². The van der Waals surface area contributed by atoms with Gasteiger partial charge in [-0.25, -0.2) is 9.78 Å². The van der Waals surface area contributed by atoms with Gasteiger partial charge in [0.25, 0.3) is 0 Å². The van der Waals surface area contributed by atoms with E-state index in [1.54, 1.807) is 53.9 Å². The number of nitrogens with zero attached hydrogens (tertiary/aromatic N) is 2. The molecule has 1 heterocycles. The van der Waals surface area contributed by atoms with Gasteiger partial charge in [-0.05, 0) is 30.3 Å². The highest BCUT2D eigenvalue weighted by Crippen LogP contribution is 2.30. The Morgan fingerprint density at radius 3 is 2.62 bits per heavy atom. The van der Waals surface area contributed by atoms with E-state index in [1.165, 1.54) is 23.2 Å². The molecule has 0 radical (unpaired) electrons. The number of thiazole rings is 1. The number of carbonyl (C=O) groups is 2. The molecule has 0 saturated heterocycles. The van der Waals surface area contributed by atoms with Crippen LogP contribution in [0.5, 0.6) is 0 Å². The van der Waals surface area contributed by atoms with E-state index in [9.17, 15) is 9.59 Å². The summed E-state index contributed by atoms with van der Waals surface area (Å²) in [5.74, 6) is -0.604. The van der Waals surface area contributed by atoms with Gasteiger partial charge in [0.05, 0.1) is 16.9 Å². The summed E-state index contributed by atoms with van der Waals surface area (Å²) in [6, 6.07) is 15.7. The average molecular weight is 387 g/mol. The SMILES string of the molecule is CC(=O)N(c1cccc(Cl)c1)c1nc(COC(=O)c2ccccc2)cs1. The zero-order valence-corrected chi connectivity index (χ0v) is 15.5. The van der Waals surface area contributed by atoms with E-state index >= 15 is 0 Å². The van der Waals surface area contributed by atoms with Crippen LogP contribution in [0, 0.1) is 0 Å². The van der Waals surface area contributed by atoms with Gasteiger partial charge >= 0.3 is 5.97 Å². The highest BCUT2D eigenvalue weighted by molar-refractivity contribution is 7.14. The molecule has 0 unspecified atom stereocenters. The maximum absolute atomic E-state index is 12.1. The molecule has 5 nitrogen and oxygen atoms in total. The van der Waals surface area contributed by atoms with Gasteiger partial charge < -0.3 is 4.74 Å². The minimum Gasteiger partial charge on any atom is -0.456 e. The Labute approximate surface area is 159 Å². The van der Waals surface area contributed by atoms with Crippen molar-refractivity contribution in [3.8, 4) is 0 Å². The minimum absolute atomic E-state index is 0.0333. The zero-order chi connectivity index (χ0) is 18.5. The van der Waals surface area contributed by atoms with E-state index in [4.69, 9.17) is 16.3 Å². The lowest BCUT2D eigenvalue weighted by Gasteiger charge is -2.18. The van der Waals surface area contributed by atoms with Gasteiger partial charge in [-0.15, -0.1) is 11.3 Å². The molecule has 0 aliphatic carbocycles. The number of carbonyl (C=O) groups excluding carboxylic acids is 2. The minimum atomic E-state index is -0.418. The molecule has 132 valence electrons. The van der Waals surface area contributed by atoms with Crippen molar-refractivity contribution in [2.45, 2.75) is 13.5 Å². The number of ether oxygens (including phenoxy) is 1. The maximum atomic E-state index is 12.1. The first kappa shape index (κ1) is 18.1. The van der Waals surface area contributed by atoms with Crippen molar-refractivity contribution in [1.82, 2.24) is 4.98 Å². The molecule has 1 amide bonds. The third kappa shape index (κ3) is 4.28. The standard InChI is InChI=1S/C19H15ClN2O3S/c1-13(23)22(17-9-5-8-15(20)10-17)19-21-16(12-26-19)11-25-18(24)14-6-3-2-4-7-14/h2-10,12H,11H2,1H3. The lowest BCUT2D eigenvalue weighted by molar-refractivity contribution is -0.115. The van der Waals surface area contributed by atoms with E-state index in [-0.39, 0.29) is 12.5 Å². The molecule has 0 saturated carbocycles. The highest BCUT2D eigenvalue weighted by atomic mass is 35.5. The average Bonchev–Trinajstić information content (AvgIpc) is 3.09. The van der Waals surface area contributed by atoms with Gasteiger partial charge in [0, 0.05) is 17.3 Å². The Morgan fingerprint density at radius 1 is 1.15 bits per heavy atom. The third-order valence-corrected chi connectivity index (χ3v) is 4.58. The van der Waals surface area contributed by atoms with Crippen LogP contribution < -0.4 is 4.90 Å². The van der Waals surface area contributed by atoms with Crippen LogP contribution in [0.4, 0.5) is 10.8 Å². The molecule has 3 rings (SSSR count). The molecule has 0 fully saturated rings. The fraction of sp³-hybridized carbons (Fsp3) is 0.105. The Morgan fingerprint density at radius 2 is 1.92 bits per heavy atom. The van der Waals surface area contributed by atoms with Gasteiger partial charge in [0.15, 0.2) is 5.13 Å². The van der Waals surface area contributed by atoms with Crippen molar-refractivity contribution in [3.05, 3.63) is 76.3 Å². The second-order valence-corrected chi connectivity index (χ2v) is 6.67. The quantitative estimate of drug-likeness (QED) is 0.589. The zero-order valence-electron chi connectivity index (χ0n) is 13.9. The normalized spacial score (nSPS) is 10.4. The van der Waals surface area contributed by atoms with Crippen LogP contribution in [0.2, 0.25) is 5.02 Å². The molecule has 0 aliphatic heterocycles. The van der Waals surface area contributed by atoms with Crippen LogP contribution in [0.25, 0.3) is 0 Å². The fourth-order valence-electron chi connectivity index (χ4n) is 2.30. The van der Waals surface area contributed by atoms with Gasteiger partial charge in [-0.3, -0.25) is 9.69 Å². The van der Waals surface area contributed by atoms with Crippen molar-refractivity contribution in [2.75, 3.05) is 4.90 Å². The lowest BCUT2D eigenvalue weighted by atomic mass is 10.2. The summed E-state index contributed by atoms with van der Waals surface area (Å²) >= 11 is 7.31. The van der Waals surface area contributed by atoms with E-state index in [2.05, 4.69) is 4.98 Å². The van der Waals surface area contributed by atoms with Crippen LogP contribution in [0.1, 0.15) is 23.0 Å². The summed E-state index contributed by atoms with van der Waals surface area (Å²) in [5, 5.41) is 2.78. The molecule has 1 aromatic heterocycles. The van der Waals surface area contributed by atoms with Gasteiger partial charge in [-0.1, -0.05) is 35.9 Å². The monoisotopic (exact) mass is 386 g/mol. The molecule has 0 N–H and O–H groups in total. The predicted octanol–water partition coefficient (Wildman–Crippen LogP) is 4.84. The number of esters is 1. The summed E-state index contributed by atoms with van der Waals surface area (Å²) in [6.45, 7) is 1.49. The first-order valence-corrected chi connectivity index (χ1v) is 9.03. The number of aromatic nitrogens is 1. The molecule has 3 aromatic rings. The van der Waals surface area contributed by atoms with Crippen molar-refractivity contribution in [3.63, 3.8) is 0 Å². The van der Waals surface area contributed by atoms with Crippen molar-refractivity contribution in [2.24, 2.45) is 0 Å². The van der Waals surface area contributed by atoms with Gasteiger partial charge in [-0.2, -0.15) is 0 Å². The second kappa shape index (κ2) is 8.12. The number of amides is 1. The number of benzene rings is 2. The first-order valence-electron chi connectivity index (χ1n) is 7.77. The number of hydrogen-bond donors (Lipinski definition) is 0. The Bertz CT molecular complexity index is 927. The molecule has 2 aromatic carbocycles. The number of rotatable bonds is 5. The molecule has 0 aliphatic rings. The fourth-order valence-corrected chi connectivity index (χ4v) is 3.36. The first-order chi connectivity index (χ1) is 12.5. The Kier molecular flexibility index (Phi) is 5.65. The van der Waals surface area contributed by atoms with Crippen LogP contribution in [0.15, 0.2) is 60.0 Å². The molecule has 0 bridgehead atoms. The van der Waals surface area contributed by atoms with Crippen LogP contribution in [-0.4, -0.2) is 16.9 Å². The molecule has 7 heteroatoms. The lowest BCUT2D eigenvalue weighted by Crippen LogP contribution is -2.22. The van der Waals surface area contributed by atoms with E-state index < -0.39 is 5.97 Å². The molecular weight excluding hydrogens is 372 g/mol. The molecular formula is C19H15ClN2O3S. The summed E-state index contributed by atoms with van der Waals surface area (Å²) in [5.41, 5.74) is 1.68. The van der Waals surface area contributed by atoms with E-state index in [0.29, 0.717) is 27.1 Å². The maximum Gasteiger partial charge on any atom is 0.338 e. The van der Waals surface area contributed by atoms with E-state index in [1.807, 2.05) is 6.07 Å². The molecule has 0 spiro atoms. The van der Waals surface area contributed by atoms with Crippen molar-refractivity contribution < 1.29 is 14.3 Å². The van der Waals surface area contributed by atoms with Crippen LogP contribution in [-0.2, 0) is 16.1 Å². The third-order valence-electron chi connectivity index (χ3n) is 3.47. The van der Waals surface area contributed by atoms with Crippen molar-refractivity contribution in [1.29, 1.82) is 0 Å². The predicted molar refractivity (Wildman–Crippen MR) is 102 cm³/mol. The Balaban J connectivity index is 1.73. The highest BCUT2D eigenvalue weighted by Gasteiger charge is 2.18. The second-order valence-electron chi connectivity index (χ2n) is 5.40. The summed E-state index contributed by atoms with van der Waals surface area (Å²) < 4.78 is 5.27. The van der Waals surface area contributed by atoms with Crippen LogP contribution >= 0.6 is 22.9 Å². The van der Waals surface area contributed by atoms with Crippen LogP contribution in [0.3, 0.4) is 0 Å². The Hall–Kier alpha value is -2.70. The summed E-state index contributed by atoms with van der Waals surface area (Å²) in [4.78, 5) is 30.0. The smallest absolute Gasteiger partial charge is 0.338 e. The molecule has 0 atom stereocenters.